The fourth-order valence-corrected chi connectivity index (χ4v) is 2.13. The van der Waals surface area contributed by atoms with Crippen molar-refractivity contribution >= 4 is 17.4 Å². The van der Waals surface area contributed by atoms with Crippen LogP contribution in [-0.2, 0) is 6.54 Å². The Balaban J connectivity index is 2.22. The smallest absolute Gasteiger partial charge is 0.167 e. The fraction of sp³-hybridized carbons (Fsp3) is 0.267. The minimum Gasteiger partial charge on any atom is -0.350 e. The topological polar surface area (TPSA) is 42.1 Å². The number of nitrogens with two attached hydrogens (primary N) is 1. The van der Waals surface area contributed by atoms with Crippen molar-refractivity contribution in [3.63, 3.8) is 0 Å². The third-order valence-corrected chi connectivity index (χ3v) is 3.14. The Hall–Kier alpha value is -1.65. The quantitative estimate of drug-likeness (QED) is 0.889. The maximum atomic E-state index is 14.0. The summed E-state index contributed by atoms with van der Waals surface area (Å²) in [6, 6.07) is 11.2. The summed E-state index contributed by atoms with van der Waals surface area (Å²) in [6.07, 6.45) is 2.23. The van der Waals surface area contributed by atoms with Crippen LogP contribution in [0.5, 0.6) is 0 Å². The van der Waals surface area contributed by atoms with Crippen molar-refractivity contribution in [3.8, 4) is 0 Å². The van der Waals surface area contributed by atoms with Gasteiger partial charge < -0.3 is 10.6 Å². The summed E-state index contributed by atoms with van der Waals surface area (Å²) >= 11 is 5.75. The lowest BCUT2D eigenvalue weighted by Gasteiger charge is -2.24. The van der Waals surface area contributed by atoms with Crippen LogP contribution in [0.15, 0.2) is 42.6 Å². The van der Waals surface area contributed by atoms with Crippen molar-refractivity contribution in [2.24, 2.45) is 5.73 Å². The van der Waals surface area contributed by atoms with Gasteiger partial charge in [-0.3, -0.25) is 0 Å². The first-order valence-electron chi connectivity index (χ1n) is 6.50. The second kappa shape index (κ2) is 7.22. The van der Waals surface area contributed by atoms with E-state index in [2.05, 4.69) is 4.98 Å². The molecule has 3 nitrogen and oxygen atoms in total. The van der Waals surface area contributed by atoms with Crippen molar-refractivity contribution in [1.29, 1.82) is 0 Å². The first-order valence-corrected chi connectivity index (χ1v) is 6.88. The second-order valence-electron chi connectivity index (χ2n) is 4.51. The summed E-state index contributed by atoms with van der Waals surface area (Å²) < 4.78 is 14.0. The Bertz CT molecular complexity index is 548. The summed E-state index contributed by atoms with van der Waals surface area (Å²) in [7, 11) is 0. The van der Waals surface area contributed by atoms with Crippen LogP contribution < -0.4 is 10.6 Å². The number of benzene rings is 1. The standard InChI is InChI=1S/C15H17ClFN3/c16-13-9-14(17)15(19-10-13)20(8-4-7-18)11-12-5-2-1-3-6-12/h1-3,5-6,9-10H,4,7-8,11,18H2. The first kappa shape index (κ1) is 14.8. The van der Waals surface area contributed by atoms with E-state index in [4.69, 9.17) is 17.3 Å². The minimum atomic E-state index is -0.412. The molecule has 20 heavy (non-hydrogen) atoms. The lowest BCUT2D eigenvalue weighted by atomic mass is 10.2. The molecule has 1 heterocycles. The summed E-state index contributed by atoms with van der Waals surface area (Å²) in [6.45, 7) is 1.80. The van der Waals surface area contributed by atoms with Gasteiger partial charge in [-0.2, -0.15) is 0 Å². The van der Waals surface area contributed by atoms with Crippen LogP contribution >= 0.6 is 11.6 Å². The van der Waals surface area contributed by atoms with Crippen LogP contribution in [0.4, 0.5) is 10.2 Å². The van der Waals surface area contributed by atoms with E-state index in [-0.39, 0.29) is 0 Å². The van der Waals surface area contributed by atoms with Gasteiger partial charge in [0.15, 0.2) is 11.6 Å². The molecule has 0 saturated heterocycles. The van der Waals surface area contributed by atoms with Gasteiger partial charge >= 0.3 is 0 Å². The molecule has 1 aromatic carbocycles. The van der Waals surface area contributed by atoms with E-state index in [1.54, 1.807) is 0 Å². The Morgan fingerprint density at radius 2 is 2.00 bits per heavy atom. The van der Waals surface area contributed by atoms with Crippen molar-refractivity contribution in [3.05, 3.63) is 59.0 Å². The van der Waals surface area contributed by atoms with Gasteiger partial charge in [0.25, 0.3) is 0 Å². The Labute approximate surface area is 123 Å². The lowest BCUT2D eigenvalue weighted by molar-refractivity contribution is 0.603. The number of hydrogen-bond donors (Lipinski definition) is 1. The molecule has 0 aliphatic heterocycles. The third-order valence-electron chi connectivity index (χ3n) is 2.94. The predicted octanol–water partition coefficient (Wildman–Crippen LogP) is 3.23. The van der Waals surface area contributed by atoms with Crippen LogP contribution in [0.1, 0.15) is 12.0 Å². The van der Waals surface area contributed by atoms with Crippen LogP contribution in [0.3, 0.4) is 0 Å². The highest BCUT2D eigenvalue weighted by molar-refractivity contribution is 6.30. The fourth-order valence-electron chi connectivity index (χ4n) is 1.99. The molecule has 0 radical (unpaired) electrons. The third kappa shape index (κ3) is 3.92. The summed E-state index contributed by atoms with van der Waals surface area (Å²) in [4.78, 5) is 5.99. The van der Waals surface area contributed by atoms with Gasteiger partial charge in [-0.15, -0.1) is 0 Å². The minimum absolute atomic E-state index is 0.296. The highest BCUT2D eigenvalue weighted by Gasteiger charge is 2.13. The second-order valence-corrected chi connectivity index (χ2v) is 4.94. The highest BCUT2D eigenvalue weighted by Crippen LogP contribution is 2.21. The maximum absolute atomic E-state index is 14.0. The Morgan fingerprint density at radius 3 is 2.65 bits per heavy atom. The summed E-state index contributed by atoms with van der Waals surface area (Å²) in [5, 5.41) is 0.296. The SMILES string of the molecule is NCCCN(Cc1ccccc1)c1ncc(Cl)cc1F. The molecule has 5 heteroatoms. The number of anilines is 1. The average Bonchev–Trinajstić information content (AvgIpc) is 2.45. The van der Waals surface area contributed by atoms with Crippen LogP contribution in [-0.4, -0.2) is 18.1 Å². The summed E-state index contributed by atoms with van der Waals surface area (Å²) in [5.41, 5.74) is 6.65. The van der Waals surface area contributed by atoms with E-state index in [9.17, 15) is 4.39 Å². The molecule has 0 atom stereocenters. The lowest BCUT2D eigenvalue weighted by Crippen LogP contribution is -2.27. The molecule has 2 N–H and O–H groups in total. The molecule has 0 aliphatic carbocycles. The molecule has 106 valence electrons. The van der Waals surface area contributed by atoms with Crippen LogP contribution in [0, 0.1) is 5.82 Å². The van der Waals surface area contributed by atoms with Crippen molar-refractivity contribution in [2.45, 2.75) is 13.0 Å². The normalized spacial score (nSPS) is 10.6. The first-order chi connectivity index (χ1) is 9.70. The van der Waals surface area contributed by atoms with Gasteiger partial charge in [0, 0.05) is 19.3 Å². The largest absolute Gasteiger partial charge is 0.350 e. The van der Waals surface area contributed by atoms with E-state index in [1.165, 1.54) is 12.3 Å². The van der Waals surface area contributed by atoms with Gasteiger partial charge in [0.2, 0.25) is 0 Å². The van der Waals surface area contributed by atoms with E-state index in [0.29, 0.717) is 30.5 Å². The van der Waals surface area contributed by atoms with Crippen LogP contribution in [0.25, 0.3) is 0 Å². The van der Waals surface area contributed by atoms with Crippen molar-refractivity contribution in [1.82, 2.24) is 4.98 Å². The van der Waals surface area contributed by atoms with E-state index >= 15 is 0 Å². The Morgan fingerprint density at radius 1 is 1.25 bits per heavy atom. The zero-order valence-corrected chi connectivity index (χ0v) is 11.9. The van der Waals surface area contributed by atoms with Gasteiger partial charge in [0.05, 0.1) is 5.02 Å². The molecule has 2 rings (SSSR count). The van der Waals surface area contributed by atoms with E-state index in [0.717, 1.165) is 12.0 Å². The molecule has 1 aromatic heterocycles. The van der Waals surface area contributed by atoms with Crippen molar-refractivity contribution in [2.75, 3.05) is 18.0 Å². The zero-order chi connectivity index (χ0) is 14.4. The van der Waals surface area contributed by atoms with E-state index < -0.39 is 5.82 Å². The zero-order valence-electron chi connectivity index (χ0n) is 11.1. The van der Waals surface area contributed by atoms with Crippen molar-refractivity contribution < 1.29 is 4.39 Å². The molecule has 0 spiro atoms. The molecule has 0 amide bonds. The maximum Gasteiger partial charge on any atom is 0.167 e. The van der Waals surface area contributed by atoms with Gasteiger partial charge in [-0.1, -0.05) is 41.9 Å². The summed E-state index contributed by atoms with van der Waals surface area (Å²) in [5.74, 6) is -0.0999. The Kier molecular flexibility index (Phi) is 5.32. The van der Waals surface area contributed by atoms with Gasteiger partial charge in [0.1, 0.15) is 0 Å². The monoisotopic (exact) mass is 293 g/mol. The highest BCUT2D eigenvalue weighted by atomic mass is 35.5. The molecular weight excluding hydrogens is 277 g/mol. The van der Waals surface area contributed by atoms with Gasteiger partial charge in [-0.25, -0.2) is 9.37 Å². The molecule has 0 unspecified atom stereocenters. The number of pyridine rings is 1. The molecule has 0 fully saturated rings. The molecule has 0 aliphatic rings. The number of halogens is 2. The number of hydrogen-bond acceptors (Lipinski definition) is 3. The number of nitrogens with zero attached hydrogens (tertiary/aromatic N) is 2. The molecular formula is C15H17ClFN3. The molecule has 0 bridgehead atoms. The van der Waals surface area contributed by atoms with Crippen LogP contribution in [0.2, 0.25) is 5.02 Å². The number of aromatic nitrogens is 1. The van der Waals surface area contributed by atoms with E-state index in [1.807, 2.05) is 35.2 Å². The van der Waals surface area contributed by atoms with Gasteiger partial charge in [-0.05, 0) is 24.6 Å². The number of rotatable bonds is 6. The molecule has 0 saturated carbocycles. The average molecular weight is 294 g/mol. The predicted molar refractivity (Wildman–Crippen MR) is 80.4 cm³/mol. The molecule has 2 aromatic rings.